The number of aromatic nitrogens is 3. The SMILES string of the molecule is Clc1nccnc1N1CCC(c2ccccn2)CC1. The summed E-state index contributed by atoms with van der Waals surface area (Å²) in [5.41, 5.74) is 1.19. The van der Waals surface area contributed by atoms with Gasteiger partial charge in [-0.3, -0.25) is 4.98 Å². The van der Waals surface area contributed by atoms with Gasteiger partial charge >= 0.3 is 0 Å². The molecule has 1 aliphatic rings. The maximum Gasteiger partial charge on any atom is 0.171 e. The van der Waals surface area contributed by atoms with Gasteiger partial charge in [-0.2, -0.15) is 0 Å². The van der Waals surface area contributed by atoms with Crippen LogP contribution < -0.4 is 4.90 Å². The Morgan fingerprint density at radius 1 is 1.00 bits per heavy atom. The number of piperidine rings is 1. The highest BCUT2D eigenvalue weighted by molar-refractivity contribution is 6.31. The quantitative estimate of drug-likeness (QED) is 0.844. The monoisotopic (exact) mass is 274 g/mol. The molecule has 1 aliphatic heterocycles. The highest BCUT2D eigenvalue weighted by Crippen LogP contribution is 2.30. The lowest BCUT2D eigenvalue weighted by Crippen LogP contribution is -2.34. The standard InChI is InChI=1S/C14H15ClN4/c15-13-14(18-8-7-17-13)19-9-4-11(5-10-19)12-3-1-2-6-16-12/h1-3,6-8,11H,4-5,9-10H2. The van der Waals surface area contributed by atoms with E-state index in [1.165, 1.54) is 5.69 Å². The fourth-order valence-corrected chi connectivity index (χ4v) is 2.76. The van der Waals surface area contributed by atoms with Crippen molar-refractivity contribution in [3.05, 3.63) is 47.6 Å². The minimum atomic E-state index is 0.485. The van der Waals surface area contributed by atoms with Crippen LogP contribution in [0.4, 0.5) is 5.82 Å². The number of hydrogen-bond acceptors (Lipinski definition) is 4. The molecule has 1 fully saturated rings. The Labute approximate surface area is 117 Å². The molecule has 2 aromatic heterocycles. The van der Waals surface area contributed by atoms with E-state index in [9.17, 15) is 0 Å². The van der Waals surface area contributed by atoms with Crippen LogP contribution in [0.1, 0.15) is 24.5 Å². The third-order valence-electron chi connectivity index (χ3n) is 3.54. The molecule has 0 saturated carbocycles. The first-order valence-corrected chi connectivity index (χ1v) is 6.85. The number of pyridine rings is 1. The van der Waals surface area contributed by atoms with Crippen LogP contribution >= 0.6 is 11.6 Å². The van der Waals surface area contributed by atoms with Gasteiger partial charge in [-0.1, -0.05) is 17.7 Å². The molecule has 5 heteroatoms. The van der Waals surface area contributed by atoms with Crippen molar-refractivity contribution in [3.63, 3.8) is 0 Å². The Hall–Kier alpha value is -1.68. The summed E-state index contributed by atoms with van der Waals surface area (Å²) in [5.74, 6) is 1.33. The van der Waals surface area contributed by atoms with E-state index in [1.807, 2.05) is 18.3 Å². The molecule has 0 amide bonds. The summed E-state index contributed by atoms with van der Waals surface area (Å²) in [6.07, 6.45) is 7.31. The fraction of sp³-hybridized carbons (Fsp3) is 0.357. The summed E-state index contributed by atoms with van der Waals surface area (Å²) in [4.78, 5) is 15.0. The van der Waals surface area contributed by atoms with E-state index in [0.29, 0.717) is 11.1 Å². The van der Waals surface area contributed by atoms with Crippen molar-refractivity contribution in [1.82, 2.24) is 15.0 Å². The summed E-state index contributed by atoms with van der Waals surface area (Å²) >= 11 is 6.08. The third kappa shape index (κ3) is 2.68. The van der Waals surface area contributed by atoms with Gasteiger partial charge in [-0.15, -0.1) is 0 Å². The van der Waals surface area contributed by atoms with Crippen molar-refractivity contribution in [2.24, 2.45) is 0 Å². The minimum Gasteiger partial charge on any atom is -0.354 e. The van der Waals surface area contributed by atoms with Crippen LogP contribution in [0.3, 0.4) is 0 Å². The lowest BCUT2D eigenvalue weighted by Gasteiger charge is -2.32. The highest BCUT2D eigenvalue weighted by Gasteiger charge is 2.23. The Morgan fingerprint density at radius 2 is 1.79 bits per heavy atom. The number of anilines is 1. The summed E-state index contributed by atoms with van der Waals surface area (Å²) in [7, 11) is 0. The van der Waals surface area contributed by atoms with Crippen LogP contribution in [0.25, 0.3) is 0 Å². The first kappa shape index (κ1) is 12.4. The fourth-order valence-electron chi connectivity index (χ4n) is 2.53. The average molecular weight is 275 g/mol. The molecule has 3 rings (SSSR count). The van der Waals surface area contributed by atoms with Gasteiger partial charge in [-0.05, 0) is 25.0 Å². The van der Waals surface area contributed by atoms with Crippen molar-refractivity contribution in [1.29, 1.82) is 0 Å². The lowest BCUT2D eigenvalue weighted by atomic mass is 9.93. The third-order valence-corrected chi connectivity index (χ3v) is 3.80. The average Bonchev–Trinajstić information content (AvgIpc) is 2.49. The topological polar surface area (TPSA) is 41.9 Å². The van der Waals surface area contributed by atoms with Gasteiger partial charge in [0, 0.05) is 43.3 Å². The van der Waals surface area contributed by atoms with Crippen LogP contribution in [0.5, 0.6) is 0 Å². The van der Waals surface area contributed by atoms with Gasteiger partial charge in [0.15, 0.2) is 11.0 Å². The first-order chi connectivity index (χ1) is 9.34. The van der Waals surface area contributed by atoms with Crippen molar-refractivity contribution >= 4 is 17.4 Å². The predicted octanol–water partition coefficient (Wildman–Crippen LogP) is 2.91. The normalized spacial score (nSPS) is 16.6. The molecule has 0 unspecified atom stereocenters. The molecule has 3 heterocycles. The second kappa shape index (κ2) is 5.53. The summed E-state index contributed by atoms with van der Waals surface area (Å²) in [6, 6.07) is 6.11. The van der Waals surface area contributed by atoms with E-state index in [-0.39, 0.29) is 0 Å². The van der Waals surface area contributed by atoms with Crippen molar-refractivity contribution in [2.75, 3.05) is 18.0 Å². The van der Waals surface area contributed by atoms with E-state index < -0.39 is 0 Å². The summed E-state index contributed by atoms with van der Waals surface area (Å²) < 4.78 is 0. The molecule has 4 nitrogen and oxygen atoms in total. The zero-order valence-corrected chi connectivity index (χ0v) is 11.3. The molecule has 0 N–H and O–H groups in total. The van der Waals surface area contributed by atoms with E-state index in [4.69, 9.17) is 11.6 Å². The molecule has 0 bridgehead atoms. The second-order valence-electron chi connectivity index (χ2n) is 4.69. The lowest BCUT2D eigenvalue weighted by molar-refractivity contribution is 0.493. The number of hydrogen-bond donors (Lipinski definition) is 0. The van der Waals surface area contributed by atoms with Crippen LogP contribution in [0.15, 0.2) is 36.8 Å². The van der Waals surface area contributed by atoms with E-state index in [1.54, 1.807) is 12.4 Å². The maximum absolute atomic E-state index is 6.08. The van der Waals surface area contributed by atoms with Crippen LogP contribution in [-0.2, 0) is 0 Å². The molecule has 19 heavy (non-hydrogen) atoms. The molecule has 98 valence electrons. The first-order valence-electron chi connectivity index (χ1n) is 6.47. The molecule has 1 saturated heterocycles. The van der Waals surface area contributed by atoms with Gasteiger partial charge < -0.3 is 4.90 Å². The Kier molecular flexibility index (Phi) is 3.60. The van der Waals surface area contributed by atoms with Crippen LogP contribution in [0.2, 0.25) is 5.15 Å². The van der Waals surface area contributed by atoms with Gasteiger partial charge in [0.1, 0.15) is 0 Å². The molecule has 0 aliphatic carbocycles. The van der Waals surface area contributed by atoms with Crippen LogP contribution in [0, 0.1) is 0 Å². The Bertz CT molecular complexity index is 538. The molecule has 0 aromatic carbocycles. The van der Waals surface area contributed by atoms with Gasteiger partial charge in [0.2, 0.25) is 0 Å². The molecule has 2 aromatic rings. The zero-order valence-electron chi connectivity index (χ0n) is 10.5. The smallest absolute Gasteiger partial charge is 0.171 e. The second-order valence-corrected chi connectivity index (χ2v) is 5.04. The molecular formula is C14H15ClN4. The maximum atomic E-state index is 6.08. The molecule has 0 radical (unpaired) electrons. The molecular weight excluding hydrogens is 260 g/mol. The Balaban J connectivity index is 1.69. The number of nitrogens with zero attached hydrogens (tertiary/aromatic N) is 4. The largest absolute Gasteiger partial charge is 0.354 e. The summed E-state index contributed by atoms with van der Waals surface area (Å²) in [6.45, 7) is 1.89. The minimum absolute atomic E-state index is 0.485. The number of rotatable bonds is 2. The van der Waals surface area contributed by atoms with Crippen LogP contribution in [-0.4, -0.2) is 28.0 Å². The van der Waals surface area contributed by atoms with Gasteiger partial charge in [0.25, 0.3) is 0 Å². The molecule has 0 spiro atoms. The molecule has 0 atom stereocenters. The van der Waals surface area contributed by atoms with Crippen molar-refractivity contribution in [3.8, 4) is 0 Å². The van der Waals surface area contributed by atoms with Gasteiger partial charge in [-0.25, -0.2) is 9.97 Å². The van der Waals surface area contributed by atoms with Gasteiger partial charge in [0.05, 0.1) is 0 Å². The summed E-state index contributed by atoms with van der Waals surface area (Å²) in [5, 5.41) is 0.485. The van der Waals surface area contributed by atoms with E-state index in [2.05, 4.69) is 25.9 Å². The van der Waals surface area contributed by atoms with Crippen molar-refractivity contribution in [2.45, 2.75) is 18.8 Å². The predicted molar refractivity (Wildman–Crippen MR) is 75.5 cm³/mol. The van der Waals surface area contributed by atoms with Crippen molar-refractivity contribution < 1.29 is 0 Å². The Morgan fingerprint density at radius 3 is 2.47 bits per heavy atom. The van der Waals surface area contributed by atoms with E-state index >= 15 is 0 Å². The highest BCUT2D eigenvalue weighted by atomic mass is 35.5. The zero-order chi connectivity index (χ0) is 13.1. The van der Waals surface area contributed by atoms with E-state index in [0.717, 1.165) is 31.7 Å². The number of halogens is 1.